The van der Waals surface area contributed by atoms with Crippen LogP contribution in [0.4, 0.5) is 3.89 Å². The van der Waals surface area contributed by atoms with Crippen LogP contribution in [0.5, 0.6) is 11.5 Å². The lowest BCUT2D eigenvalue weighted by atomic mass is 9.99. The van der Waals surface area contributed by atoms with Crippen molar-refractivity contribution in [2.24, 2.45) is 0 Å². The van der Waals surface area contributed by atoms with Crippen LogP contribution in [0.2, 0.25) is 0 Å². The summed E-state index contributed by atoms with van der Waals surface area (Å²) in [5.41, 5.74) is 3.81. The molecule has 0 aliphatic carbocycles. The van der Waals surface area contributed by atoms with E-state index in [9.17, 15) is 17.1 Å². The monoisotopic (exact) mass is 560 g/mol. The van der Waals surface area contributed by atoms with Gasteiger partial charge >= 0.3 is 10.5 Å². The van der Waals surface area contributed by atoms with Crippen molar-refractivity contribution in [1.82, 2.24) is 9.55 Å². The second kappa shape index (κ2) is 10.0. The Hall–Kier alpha value is -4.33. The Bertz CT molecular complexity index is 2000. The molecule has 3 aromatic carbocycles. The Labute approximate surface area is 229 Å². The van der Waals surface area contributed by atoms with E-state index in [0.717, 1.165) is 23.7 Å². The fourth-order valence-corrected chi connectivity index (χ4v) is 5.88. The van der Waals surface area contributed by atoms with Crippen LogP contribution in [0.1, 0.15) is 31.4 Å². The summed E-state index contributed by atoms with van der Waals surface area (Å²) in [5, 5.41) is 1.82. The number of aromatic amines is 1. The summed E-state index contributed by atoms with van der Waals surface area (Å²) >= 11 is 0. The van der Waals surface area contributed by atoms with E-state index in [1.54, 1.807) is 18.2 Å². The molecule has 8 nitrogen and oxygen atoms in total. The number of H-pyrrole nitrogens is 1. The number of pyridine rings is 1. The van der Waals surface area contributed by atoms with E-state index < -0.39 is 10.5 Å². The number of nitrogens with one attached hydrogen (secondary N) is 1. The topological polar surface area (TPSA) is 99.6 Å². The molecule has 0 saturated carbocycles. The largest absolute Gasteiger partial charge is 0.493 e. The lowest BCUT2D eigenvalue weighted by molar-refractivity contribution is 0.0715. The Morgan fingerprint density at radius 3 is 2.65 bits per heavy atom. The van der Waals surface area contributed by atoms with Gasteiger partial charge in [-0.2, -0.15) is 8.42 Å². The van der Waals surface area contributed by atoms with E-state index in [1.807, 2.05) is 31.2 Å². The molecule has 1 aliphatic rings. The number of hydrogen-bond donors (Lipinski definition) is 1. The lowest BCUT2D eigenvalue weighted by Crippen LogP contribution is -2.22. The average Bonchev–Trinajstić information content (AvgIpc) is 3.31. The molecule has 6 rings (SSSR count). The molecule has 0 amide bonds. The van der Waals surface area contributed by atoms with Crippen LogP contribution in [0.25, 0.3) is 44.0 Å². The van der Waals surface area contributed by atoms with Crippen molar-refractivity contribution in [3.63, 3.8) is 0 Å². The molecule has 40 heavy (non-hydrogen) atoms. The summed E-state index contributed by atoms with van der Waals surface area (Å²) in [6.45, 7) is 3.33. The molecule has 0 atom stereocenters. The smallest absolute Gasteiger partial charge is 0.488 e. The van der Waals surface area contributed by atoms with Crippen LogP contribution in [-0.4, -0.2) is 37.8 Å². The molecule has 1 N–H and O–H groups in total. The molecular weight excluding hydrogens is 535 g/mol. The van der Waals surface area contributed by atoms with E-state index in [1.165, 1.54) is 12.1 Å². The predicted octanol–water partition coefficient (Wildman–Crippen LogP) is 5.63. The van der Waals surface area contributed by atoms with E-state index in [4.69, 9.17) is 15.9 Å². The van der Waals surface area contributed by atoms with Crippen molar-refractivity contribution in [2.75, 3.05) is 19.8 Å². The molecule has 1 fully saturated rings. The number of nitrogens with zero attached hydrogens (tertiary/aromatic N) is 1. The minimum absolute atomic E-state index is 0.0386. The van der Waals surface area contributed by atoms with Gasteiger partial charge in [-0.05, 0) is 61.7 Å². The molecule has 2 aromatic heterocycles. The number of fused-ring (bicyclic) bond motifs is 4. The van der Waals surface area contributed by atoms with Gasteiger partial charge in [0.15, 0.2) is 5.43 Å². The van der Waals surface area contributed by atoms with E-state index in [-0.39, 0.29) is 17.2 Å². The highest BCUT2D eigenvalue weighted by Crippen LogP contribution is 2.39. The standard InChI is InChI=1S/C30H25FN2O6S/c1-3-18-8-9-22-25(14-18)32-30-28(22)29(34)24-17-27(38-4-2)23(16-26(24)33(30)20-10-12-37-13-11-20)19-6-5-7-21(15-19)39-40(31,35)36/h1,5-9,14-17,20,32H,4,10-13H2,2H3. The van der Waals surface area contributed by atoms with Crippen LogP contribution in [0, 0.1) is 12.3 Å². The number of benzene rings is 3. The summed E-state index contributed by atoms with van der Waals surface area (Å²) in [5.74, 6) is 2.89. The van der Waals surface area contributed by atoms with E-state index in [0.29, 0.717) is 64.2 Å². The van der Waals surface area contributed by atoms with Gasteiger partial charge in [0.05, 0.1) is 22.9 Å². The minimum atomic E-state index is -5.21. The molecule has 1 saturated heterocycles. The Balaban J connectivity index is 1.70. The maximum absolute atomic E-state index is 14.1. The fourth-order valence-electron chi connectivity index (χ4n) is 5.54. The molecule has 204 valence electrons. The van der Waals surface area contributed by atoms with Gasteiger partial charge in [0, 0.05) is 41.3 Å². The van der Waals surface area contributed by atoms with Crippen molar-refractivity contribution >= 4 is 43.3 Å². The number of halogens is 1. The first kappa shape index (κ1) is 25.9. The highest BCUT2D eigenvalue weighted by atomic mass is 32.3. The SMILES string of the molecule is C#Cc1ccc2c(c1)[nH]c1c2c(=O)c2cc(OCC)c(-c3cccc(OS(=O)(=O)F)c3)cc2n1C1CCOCC1. The van der Waals surface area contributed by atoms with Gasteiger partial charge in [0.2, 0.25) is 0 Å². The summed E-state index contributed by atoms with van der Waals surface area (Å²) in [6, 6.07) is 15.2. The summed E-state index contributed by atoms with van der Waals surface area (Å²) in [6.07, 6.45) is 7.13. The van der Waals surface area contributed by atoms with Crippen LogP contribution >= 0.6 is 0 Å². The molecule has 0 radical (unpaired) electrons. The van der Waals surface area contributed by atoms with Crippen molar-refractivity contribution in [2.45, 2.75) is 25.8 Å². The number of aromatic nitrogens is 2. The predicted molar refractivity (Wildman–Crippen MR) is 152 cm³/mol. The van der Waals surface area contributed by atoms with Crippen molar-refractivity contribution in [1.29, 1.82) is 0 Å². The maximum atomic E-state index is 14.1. The Kier molecular flexibility index (Phi) is 6.49. The molecule has 1 aliphatic heterocycles. The first-order valence-corrected chi connectivity index (χ1v) is 14.2. The summed E-state index contributed by atoms with van der Waals surface area (Å²) in [7, 11) is -5.21. The van der Waals surface area contributed by atoms with Crippen molar-refractivity contribution < 1.29 is 26.0 Å². The molecule has 10 heteroatoms. The van der Waals surface area contributed by atoms with Crippen LogP contribution in [0.3, 0.4) is 0 Å². The number of terminal acetylenes is 1. The minimum Gasteiger partial charge on any atom is -0.493 e. The van der Waals surface area contributed by atoms with Gasteiger partial charge in [0.1, 0.15) is 17.1 Å². The Morgan fingerprint density at radius 2 is 1.93 bits per heavy atom. The van der Waals surface area contributed by atoms with Gasteiger partial charge in [-0.25, -0.2) is 0 Å². The third-order valence-corrected chi connectivity index (χ3v) is 7.60. The zero-order chi connectivity index (χ0) is 28.0. The van der Waals surface area contributed by atoms with Crippen molar-refractivity contribution in [3.8, 4) is 35.0 Å². The van der Waals surface area contributed by atoms with E-state index >= 15 is 0 Å². The van der Waals surface area contributed by atoms with Crippen LogP contribution in [-0.2, 0) is 15.2 Å². The highest BCUT2D eigenvalue weighted by molar-refractivity contribution is 7.81. The van der Waals surface area contributed by atoms with Crippen LogP contribution in [0.15, 0.2) is 59.4 Å². The fraction of sp³-hybridized carbons (Fsp3) is 0.233. The molecular formula is C30H25FN2O6S. The second-order valence-corrected chi connectivity index (χ2v) is 10.6. The molecule has 5 aromatic rings. The number of hydrogen-bond acceptors (Lipinski definition) is 6. The summed E-state index contributed by atoms with van der Waals surface area (Å²) < 4.78 is 53.7. The maximum Gasteiger partial charge on any atom is 0.488 e. The first-order chi connectivity index (χ1) is 19.3. The second-order valence-electron chi connectivity index (χ2n) is 9.60. The third-order valence-electron chi connectivity index (χ3n) is 7.21. The molecule has 3 heterocycles. The number of ether oxygens (including phenoxy) is 2. The lowest BCUT2D eigenvalue weighted by Gasteiger charge is -2.28. The van der Waals surface area contributed by atoms with Crippen LogP contribution < -0.4 is 14.3 Å². The summed E-state index contributed by atoms with van der Waals surface area (Å²) in [4.78, 5) is 17.5. The zero-order valence-corrected chi connectivity index (χ0v) is 22.4. The zero-order valence-electron chi connectivity index (χ0n) is 21.6. The van der Waals surface area contributed by atoms with Gasteiger partial charge in [-0.1, -0.05) is 28.0 Å². The quantitative estimate of drug-likeness (QED) is 0.214. The number of rotatable bonds is 6. The molecule has 0 spiro atoms. The Morgan fingerprint density at radius 1 is 1.12 bits per heavy atom. The van der Waals surface area contributed by atoms with Gasteiger partial charge < -0.3 is 23.2 Å². The van der Waals surface area contributed by atoms with E-state index in [2.05, 4.69) is 19.7 Å². The van der Waals surface area contributed by atoms with Gasteiger partial charge in [-0.15, -0.1) is 6.42 Å². The van der Waals surface area contributed by atoms with Gasteiger partial charge in [0.25, 0.3) is 0 Å². The molecule has 0 unspecified atom stereocenters. The normalized spacial score (nSPS) is 14.5. The highest BCUT2D eigenvalue weighted by Gasteiger charge is 2.25. The van der Waals surface area contributed by atoms with Crippen molar-refractivity contribution in [3.05, 3.63) is 70.4 Å². The average molecular weight is 561 g/mol. The third kappa shape index (κ3) is 4.57. The molecule has 0 bridgehead atoms. The van der Waals surface area contributed by atoms with Gasteiger partial charge in [-0.3, -0.25) is 4.79 Å². The first-order valence-electron chi connectivity index (χ1n) is 12.9.